The molecule has 0 aromatic heterocycles. The highest BCUT2D eigenvalue weighted by Crippen LogP contribution is 2.34. The Balaban J connectivity index is 2.29. The van der Waals surface area contributed by atoms with Gasteiger partial charge in [-0.2, -0.15) is 5.26 Å². The molecular formula is C17H19NO4. The Kier molecular flexibility index (Phi) is 5.08. The smallest absolute Gasteiger partial charge is 0.218 e. The Morgan fingerprint density at radius 1 is 1.23 bits per heavy atom. The van der Waals surface area contributed by atoms with Crippen molar-refractivity contribution in [3.8, 4) is 17.6 Å². The van der Waals surface area contributed by atoms with Crippen molar-refractivity contribution in [3.63, 3.8) is 0 Å². The van der Waals surface area contributed by atoms with E-state index in [1.165, 1.54) is 6.08 Å². The summed E-state index contributed by atoms with van der Waals surface area (Å²) in [6.07, 6.45) is 3.13. The largest absolute Gasteiger partial charge is 0.512 e. The van der Waals surface area contributed by atoms with E-state index in [2.05, 4.69) is 6.07 Å². The van der Waals surface area contributed by atoms with Crippen molar-refractivity contribution in [2.24, 2.45) is 0 Å². The predicted octanol–water partition coefficient (Wildman–Crippen LogP) is 3.49. The minimum Gasteiger partial charge on any atom is -0.512 e. The summed E-state index contributed by atoms with van der Waals surface area (Å²) in [5.74, 6) is 1.67. The highest BCUT2D eigenvalue weighted by Gasteiger charge is 2.40. The number of rotatable bonds is 6. The summed E-state index contributed by atoms with van der Waals surface area (Å²) in [7, 11) is 0. The first-order chi connectivity index (χ1) is 10.6. The third kappa shape index (κ3) is 3.41. The van der Waals surface area contributed by atoms with Crippen LogP contribution in [0, 0.1) is 11.3 Å². The summed E-state index contributed by atoms with van der Waals surface area (Å²) in [6, 6.07) is 9.27. The van der Waals surface area contributed by atoms with Gasteiger partial charge in [0.1, 0.15) is 17.6 Å². The lowest BCUT2D eigenvalue weighted by Crippen LogP contribution is -2.37. The highest BCUT2D eigenvalue weighted by molar-refractivity contribution is 5.39. The molecule has 1 unspecified atom stereocenters. The van der Waals surface area contributed by atoms with Crippen LogP contribution in [0.25, 0.3) is 0 Å². The van der Waals surface area contributed by atoms with E-state index in [-0.39, 0.29) is 12.2 Å². The van der Waals surface area contributed by atoms with E-state index < -0.39 is 5.60 Å². The third-order valence-electron chi connectivity index (χ3n) is 3.17. The second-order valence-corrected chi connectivity index (χ2v) is 4.75. The molecule has 0 aliphatic heterocycles. The number of hydrogen-bond acceptors (Lipinski definition) is 5. The molecule has 0 amide bonds. The second kappa shape index (κ2) is 7.01. The fourth-order valence-electron chi connectivity index (χ4n) is 2.24. The first kappa shape index (κ1) is 15.9. The number of ether oxygens (including phenoxy) is 3. The lowest BCUT2D eigenvalue weighted by atomic mass is 9.93. The van der Waals surface area contributed by atoms with Crippen LogP contribution in [-0.4, -0.2) is 23.9 Å². The van der Waals surface area contributed by atoms with E-state index in [1.807, 2.05) is 19.1 Å². The molecule has 5 heteroatoms. The fourth-order valence-corrected chi connectivity index (χ4v) is 2.24. The van der Waals surface area contributed by atoms with Gasteiger partial charge >= 0.3 is 0 Å². The molecule has 1 aromatic carbocycles. The van der Waals surface area contributed by atoms with Gasteiger partial charge < -0.3 is 19.3 Å². The average Bonchev–Trinajstić information content (AvgIpc) is 2.51. The molecule has 1 aromatic rings. The summed E-state index contributed by atoms with van der Waals surface area (Å²) in [6.45, 7) is 4.59. The van der Waals surface area contributed by atoms with E-state index in [4.69, 9.17) is 14.2 Å². The molecule has 2 rings (SSSR count). The number of nitrogens with zero attached hydrogens (tertiary/aromatic N) is 1. The zero-order chi connectivity index (χ0) is 16.0. The van der Waals surface area contributed by atoms with Gasteiger partial charge in [0.25, 0.3) is 0 Å². The Morgan fingerprint density at radius 3 is 2.68 bits per heavy atom. The predicted molar refractivity (Wildman–Crippen MR) is 81.6 cm³/mol. The molecule has 0 heterocycles. The third-order valence-corrected chi connectivity index (χ3v) is 3.17. The van der Waals surface area contributed by atoms with Crippen LogP contribution in [-0.2, 0) is 4.74 Å². The zero-order valence-electron chi connectivity index (χ0n) is 12.7. The molecule has 22 heavy (non-hydrogen) atoms. The Bertz CT molecular complexity index is 630. The minimum absolute atomic E-state index is 0.0638. The van der Waals surface area contributed by atoms with E-state index in [0.29, 0.717) is 30.5 Å². The number of hydrogen-bond donors (Lipinski definition) is 1. The molecule has 5 nitrogen and oxygen atoms in total. The van der Waals surface area contributed by atoms with Crippen molar-refractivity contribution in [1.82, 2.24) is 0 Å². The quantitative estimate of drug-likeness (QED) is 0.870. The Hall–Kier alpha value is -2.45. The van der Waals surface area contributed by atoms with Gasteiger partial charge in [-0.15, -0.1) is 0 Å². The van der Waals surface area contributed by atoms with Crippen molar-refractivity contribution >= 4 is 0 Å². The molecule has 1 N–H and O–H groups in total. The number of aliphatic hydroxyl groups excluding tert-OH is 1. The van der Waals surface area contributed by atoms with Gasteiger partial charge in [0.05, 0.1) is 18.8 Å². The van der Waals surface area contributed by atoms with Gasteiger partial charge in [-0.05, 0) is 38.1 Å². The molecule has 0 fully saturated rings. The fraction of sp³-hybridized carbons (Fsp3) is 0.353. The summed E-state index contributed by atoms with van der Waals surface area (Å²) in [5.41, 5.74) is -1.31. The van der Waals surface area contributed by atoms with Crippen LogP contribution in [0.4, 0.5) is 0 Å². The van der Waals surface area contributed by atoms with Crippen molar-refractivity contribution in [3.05, 3.63) is 47.9 Å². The van der Waals surface area contributed by atoms with Crippen molar-refractivity contribution in [2.45, 2.75) is 25.9 Å². The lowest BCUT2D eigenvalue weighted by Gasteiger charge is -2.30. The zero-order valence-corrected chi connectivity index (χ0v) is 12.7. The normalized spacial score (nSPS) is 20.6. The minimum atomic E-state index is -1.31. The van der Waals surface area contributed by atoms with Crippen LogP contribution in [0.1, 0.15) is 20.3 Å². The maximum Gasteiger partial charge on any atom is 0.218 e. The molecule has 0 saturated heterocycles. The van der Waals surface area contributed by atoms with Crippen molar-refractivity contribution in [1.29, 1.82) is 5.26 Å². The van der Waals surface area contributed by atoms with Crippen LogP contribution >= 0.6 is 0 Å². The molecule has 0 radical (unpaired) electrons. The van der Waals surface area contributed by atoms with Crippen LogP contribution in [0.15, 0.2) is 47.9 Å². The molecule has 1 atom stereocenters. The van der Waals surface area contributed by atoms with Gasteiger partial charge in [-0.3, -0.25) is 0 Å². The summed E-state index contributed by atoms with van der Waals surface area (Å²) in [4.78, 5) is 0. The lowest BCUT2D eigenvalue weighted by molar-refractivity contribution is 0.000506. The van der Waals surface area contributed by atoms with E-state index in [9.17, 15) is 10.4 Å². The number of allylic oxidation sites excluding steroid dienone is 2. The van der Waals surface area contributed by atoms with E-state index in [0.717, 1.165) is 0 Å². The summed E-state index contributed by atoms with van der Waals surface area (Å²) in [5, 5.41) is 19.2. The van der Waals surface area contributed by atoms with Gasteiger partial charge in [-0.1, -0.05) is 6.07 Å². The van der Waals surface area contributed by atoms with Crippen molar-refractivity contribution in [2.75, 3.05) is 13.2 Å². The van der Waals surface area contributed by atoms with Gasteiger partial charge in [0.15, 0.2) is 5.76 Å². The topological polar surface area (TPSA) is 71.7 Å². The first-order valence-electron chi connectivity index (χ1n) is 7.19. The Labute approximate surface area is 130 Å². The monoisotopic (exact) mass is 301 g/mol. The van der Waals surface area contributed by atoms with Crippen LogP contribution in [0.2, 0.25) is 0 Å². The summed E-state index contributed by atoms with van der Waals surface area (Å²) < 4.78 is 16.8. The number of aliphatic hydroxyl groups is 1. The molecule has 1 aliphatic rings. The van der Waals surface area contributed by atoms with Gasteiger partial charge in [-0.25, -0.2) is 0 Å². The van der Waals surface area contributed by atoms with Gasteiger partial charge in [0, 0.05) is 12.7 Å². The molecule has 0 spiro atoms. The van der Waals surface area contributed by atoms with Crippen molar-refractivity contribution < 1.29 is 19.3 Å². The van der Waals surface area contributed by atoms with E-state index >= 15 is 0 Å². The average molecular weight is 301 g/mol. The molecule has 116 valence electrons. The Morgan fingerprint density at radius 2 is 2.00 bits per heavy atom. The molecule has 0 bridgehead atoms. The van der Waals surface area contributed by atoms with Gasteiger partial charge in [0.2, 0.25) is 5.60 Å². The molecule has 0 saturated carbocycles. The van der Waals surface area contributed by atoms with Crippen LogP contribution in [0.5, 0.6) is 11.5 Å². The molecular weight excluding hydrogens is 282 g/mol. The SMILES string of the molecule is CCOc1cccc(OC2=CC=C(O)CC2(C#N)OCC)c1. The second-order valence-electron chi connectivity index (χ2n) is 4.75. The number of nitriles is 1. The maximum absolute atomic E-state index is 9.71. The van der Waals surface area contributed by atoms with Crippen LogP contribution in [0.3, 0.4) is 0 Å². The summed E-state index contributed by atoms with van der Waals surface area (Å²) >= 11 is 0. The first-order valence-corrected chi connectivity index (χ1v) is 7.19. The van der Waals surface area contributed by atoms with E-state index in [1.54, 1.807) is 25.1 Å². The van der Waals surface area contributed by atoms with Crippen LogP contribution < -0.4 is 9.47 Å². The maximum atomic E-state index is 9.71. The molecule has 1 aliphatic carbocycles. The number of benzene rings is 1. The standard InChI is InChI=1S/C17H19NO4/c1-3-20-14-6-5-7-15(10-14)22-16-9-8-13(19)11-17(16,12-18)21-4-2/h5-10,19H,3-4,11H2,1-2H3. The highest BCUT2D eigenvalue weighted by atomic mass is 16.5.